The number of nitrogens with one attached hydrogen (secondary N) is 1. The summed E-state index contributed by atoms with van der Waals surface area (Å²) in [5.74, 6) is -0.122. The Hall–Kier alpha value is -0.610. The number of carbonyl (C=O) groups excluding carboxylic acids is 1. The van der Waals surface area contributed by atoms with E-state index < -0.39 is 0 Å². The van der Waals surface area contributed by atoms with Gasteiger partial charge in [-0.15, -0.1) is 0 Å². The van der Waals surface area contributed by atoms with E-state index in [1.807, 2.05) is 0 Å². The number of carbonyl (C=O) groups is 1. The molecule has 0 amide bonds. The molecule has 0 spiro atoms. The summed E-state index contributed by atoms with van der Waals surface area (Å²) in [4.78, 5) is 11.7. The second kappa shape index (κ2) is 9.34. The number of rotatable bonds is 9. The van der Waals surface area contributed by atoms with Crippen molar-refractivity contribution in [3.63, 3.8) is 0 Å². The first-order valence-electron chi connectivity index (χ1n) is 7.20. The molecule has 106 valence electrons. The third kappa shape index (κ3) is 5.83. The minimum atomic E-state index is -0.171. The van der Waals surface area contributed by atoms with Crippen LogP contribution in [0.15, 0.2) is 0 Å². The van der Waals surface area contributed by atoms with Gasteiger partial charge in [0.25, 0.3) is 0 Å². The largest absolute Gasteiger partial charge is 0.465 e. The Balaban J connectivity index is 1.97. The zero-order valence-electron chi connectivity index (χ0n) is 11.7. The van der Waals surface area contributed by atoms with Crippen LogP contribution in [-0.4, -0.2) is 38.4 Å². The van der Waals surface area contributed by atoms with E-state index in [2.05, 4.69) is 12.2 Å². The average molecular weight is 257 g/mol. The molecule has 0 aromatic heterocycles. The fourth-order valence-electron chi connectivity index (χ4n) is 2.22. The molecule has 0 radical (unpaired) electrons. The van der Waals surface area contributed by atoms with Crippen molar-refractivity contribution in [3.05, 3.63) is 0 Å². The van der Waals surface area contributed by atoms with E-state index in [9.17, 15) is 4.79 Å². The van der Waals surface area contributed by atoms with Crippen LogP contribution in [0.5, 0.6) is 0 Å². The Bertz CT molecular complexity index is 233. The van der Waals surface area contributed by atoms with Crippen LogP contribution in [0, 0.1) is 0 Å². The van der Waals surface area contributed by atoms with Gasteiger partial charge in [0, 0.05) is 20.1 Å². The van der Waals surface area contributed by atoms with Crippen molar-refractivity contribution in [2.45, 2.75) is 64.0 Å². The molecule has 1 N–H and O–H groups in total. The predicted octanol–water partition coefficient (Wildman–Crippen LogP) is 2.27. The van der Waals surface area contributed by atoms with E-state index in [1.165, 1.54) is 25.7 Å². The van der Waals surface area contributed by atoms with Gasteiger partial charge in [-0.1, -0.05) is 39.0 Å². The van der Waals surface area contributed by atoms with Crippen LogP contribution in [0.25, 0.3) is 0 Å². The van der Waals surface area contributed by atoms with Crippen molar-refractivity contribution in [3.8, 4) is 0 Å². The Morgan fingerprint density at radius 2 is 1.94 bits per heavy atom. The molecule has 1 rings (SSSR count). The normalized spacial score (nSPS) is 23.2. The number of unbranched alkanes of at least 4 members (excludes halogenated alkanes) is 5. The molecule has 1 aliphatic rings. The zero-order valence-corrected chi connectivity index (χ0v) is 11.7. The zero-order chi connectivity index (χ0) is 13.2. The molecule has 1 heterocycles. The van der Waals surface area contributed by atoms with Gasteiger partial charge in [-0.2, -0.15) is 0 Å². The topological polar surface area (TPSA) is 47.6 Å². The van der Waals surface area contributed by atoms with Crippen LogP contribution in [0.2, 0.25) is 0 Å². The molecule has 2 unspecified atom stereocenters. The van der Waals surface area contributed by atoms with Gasteiger partial charge in [0.05, 0.1) is 12.7 Å². The van der Waals surface area contributed by atoms with E-state index in [4.69, 9.17) is 9.47 Å². The minimum Gasteiger partial charge on any atom is -0.465 e. The second-order valence-electron chi connectivity index (χ2n) is 4.99. The van der Waals surface area contributed by atoms with Crippen molar-refractivity contribution in [1.82, 2.24) is 5.32 Å². The molecular weight excluding hydrogens is 230 g/mol. The molecule has 0 aliphatic carbocycles. The summed E-state index contributed by atoms with van der Waals surface area (Å²) >= 11 is 0. The van der Waals surface area contributed by atoms with Crippen LogP contribution in [0.4, 0.5) is 0 Å². The highest BCUT2D eigenvalue weighted by Crippen LogP contribution is 2.11. The summed E-state index contributed by atoms with van der Waals surface area (Å²) < 4.78 is 10.5. The Morgan fingerprint density at radius 1 is 1.22 bits per heavy atom. The van der Waals surface area contributed by atoms with E-state index in [0.29, 0.717) is 6.61 Å². The Morgan fingerprint density at radius 3 is 2.61 bits per heavy atom. The Labute approximate surface area is 110 Å². The van der Waals surface area contributed by atoms with E-state index >= 15 is 0 Å². The van der Waals surface area contributed by atoms with Crippen molar-refractivity contribution < 1.29 is 14.3 Å². The highest BCUT2D eigenvalue weighted by Gasteiger charge is 2.30. The third-order valence-electron chi connectivity index (χ3n) is 3.45. The van der Waals surface area contributed by atoms with Crippen molar-refractivity contribution >= 4 is 5.97 Å². The van der Waals surface area contributed by atoms with Gasteiger partial charge in [0.2, 0.25) is 0 Å². The Kier molecular flexibility index (Phi) is 8.01. The highest BCUT2D eigenvalue weighted by atomic mass is 16.5. The molecule has 18 heavy (non-hydrogen) atoms. The SMILES string of the molecule is CCCCCCCCOC(=O)C1CC(OC)CN1. The standard InChI is InChI=1S/C14H27NO3/c1-3-4-5-6-7-8-9-18-14(16)13-10-12(17-2)11-15-13/h12-13,15H,3-11H2,1-2H3. The molecule has 0 aromatic rings. The first-order chi connectivity index (χ1) is 8.77. The summed E-state index contributed by atoms with van der Waals surface area (Å²) in [5.41, 5.74) is 0. The highest BCUT2D eigenvalue weighted by molar-refractivity contribution is 5.76. The molecule has 1 saturated heterocycles. The van der Waals surface area contributed by atoms with Crippen molar-refractivity contribution in [2.75, 3.05) is 20.3 Å². The monoisotopic (exact) mass is 257 g/mol. The molecule has 1 aliphatic heterocycles. The summed E-state index contributed by atoms with van der Waals surface area (Å²) in [6.45, 7) is 3.51. The molecule has 1 fully saturated rings. The average Bonchev–Trinajstić information content (AvgIpc) is 2.86. The fourth-order valence-corrected chi connectivity index (χ4v) is 2.22. The number of hydrogen-bond donors (Lipinski definition) is 1. The molecular formula is C14H27NO3. The molecule has 4 nitrogen and oxygen atoms in total. The summed E-state index contributed by atoms with van der Waals surface area (Å²) in [7, 11) is 1.68. The number of ether oxygens (including phenoxy) is 2. The van der Waals surface area contributed by atoms with Crippen LogP contribution < -0.4 is 5.32 Å². The van der Waals surface area contributed by atoms with Gasteiger partial charge in [-0.05, 0) is 6.42 Å². The first-order valence-corrected chi connectivity index (χ1v) is 7.20. The molecule has 0 aromatic carbocycles. The van der Waals surface area contributed by atoms with Gasteiger partial charge in [-0.3, -0.25) is 4.79 Å². The fraction of sp³-hybridized carbons (Fsp3) is 0.929. The number of esters is 1. The lowest BCUT2D eigenvalue weighted by Crippen LogP contribution is -2.32. The minimum absolute atomic E-state index is 0.122. The van der Waals surface area contributed by atoms with Gasteiger partial charge in [0.1, 0.15) is 6.04 Å². The number of methoxy groups -OCH3 is 1. The van der Waals surface area contributed by atoms with Gasteiger partial charge >= 0.3 is 5.97 Å². The quantitative estimate of drug-likeness (QED) is 0.508. The second-order valence-corrected chi connectivity index (χ2v) is 4.99. The van der Waals surface area contributed by atoms with Gasteiger partial charge in [0.15, 0.2) is 0 Å². The van der Waals surface area contributed by atoms with Crippen LogP contribution >= 0.6 is 0 Å². The van der Waals surface area contributed by atoms with Crippen LogP contribution in [0.3, 0.4) is 0 Å². The maximum Gasteiger partial charge on any atom is 0.323 e. The van der Waals surface area contributed by atoms with Crippen molar-refractivity contribution in [1.29, 1.82) is 0 Å². The van der Waals surface area contributed by atoms with Crippen LogP contribution in [0.1, 0.15) is 51.9 Å². The van der Waals surface area contributed by atoms with Gasteiger partial charge in [-0.25, -0.2) is 0 Å². The third-order valence-corrected chi connectivity index (χ3v) is 3.45. The molecule has 4 heteroatoms. The van der Waals surface area contributed by atoms with Gasteiger partial charge < -0.3 is 14.8 Å². The van der Waals surface area contributed by atoms with E-state index in [-0.39, 0.29) is 18.1 Å². The van der Waals surface area contributed by atoms with E-state index in [1.54, 1.807) is 7.11 Å². The van der Waals surface area contributed by atoms with Crippen molar-refractivity contribution in [2.24, 2.45) is 0 Å². The molecule has 2 atom stereocenters. The smallest absolute Gasteiger partial charge is 0.323 e. The lowest BCUT2D eigenvalue weighted by molar-refractivity contribution is -0.146. The lowest BCUT2D eigenvalue weighted by Gasteiger charge is -2.10. The van der Waals surface area contributed by atoms with Crippen LogP contribution in [-0.2, 0) is 14.3 Å². The lowest BCUT2D eigenvalue weighted by atomic mass is 10.1. The molecule has 0 bridgehead atoms. The maximum atomic E-state index is 11.7. The first kappa shape index (κ1) is 15.4. The summed E-state index contributed by atoms with van der Waals surface area (Å²) in [6.07, 6.45) is 8.14. The summed E-state index contributed by atoms with van der Waals surface area (Å²) in [6, 6.07) is -0.171. The van der Waals surface area contributed by atoms with E-state index in [0.717, 1.165) is 25.8 Å². The molecule has 0 saturated carbocycles. The summed E-state index contributed by atoms with van der Waals surface area (Å²) in [5, 5.41) is 3.13. The predicted molar refractivity (Wildman–Crippen MR) is 71.5 cm³/mol. The number of hydrogen-bond acceptors (Lipinski definition) is 4. The maximum absolute atomic E-state index is 11.7.